The van der Waals surface area contributed by atoms with Gasteiger partial charge in [-0.3, -0.25) is 4.90 Å². The summed E-state index contributed by atoms with van der Waals surface area (Å²) in [7, 11) is 0. The summed E-state index contributed by atoms with van der Waals surface area (Å²) >= 11 is 0. The molecule has 1 aromatic carbocycles. The summed E-state index contributed by atoms with van der Waals surface area (Å²) in [5.41, 5.74) is 2.15. The van der Waals surface area contributed by atoms with Gasteiger partial charge in [-0.1, -0.05) is 36.4 Å². The van der Waals surface area contributed by atoms with Crippen molar-refractivity contribution in [3.63, 3.8) is 0 Å². The summed E-state index contributed by atoms with van der Waals surface area (Å²) in [6, 6.07) is 14.1. The SMILES string of the molecule is CC1(C)CCc2cccnc2N1C(=O)NCCc1ccccc1. The lowest BCUT2D eigenvalue weighted by molar-refractivity contribution is 0.237. The molecule has 0 saturated carbocycles. The van der Waals surface area contributed by atoms with Gasteiger partial charge in [0.15, 0.2) is 0 Å². The highest BCUT2D eigenvalue weighted by atomic mass is 16.2. The smallest absolute Gasteiger partial charge is 0.323 e. The van der Waals surface area contributed by atoms with Crippen molar-refractivity contribution in [2.75, 3.05) is 11.4 Å². The van der Waals surface area contributed by atoms with Crippen LogP contribution in [0.1, 0.15) is 31.4 Å². The van der Waals surface area contributed by atoms with Gasteiger partial charge in [0.25, 0.3) is 0 Å². The van der Waals surface area contributed by atoms with Crippen LogP contribution in [0, 0.1) is 0 Å². The highest BCUT2D eigenvalue weighted by Crippen LogP contribution is 2.34. The fourth-order valence-electron chi connectivity index (χ4n) is 3.07. The highest BCUT2D eigenvalue weighted by Gasteiger charge is 2.37. The van der Waals surface area contributed by atoms with Crippen LogP contribution < -0.4 is 10.2 Å². The van der Waals surface area contributed by atoms with Crippen LogP contribution in [0.2, 0.25) is 0 Å². The first-order valence-electron chi connectivity index (χ1n) is 8.14. The first-order valence-corrected chi connectivity index (χ1v) is 8.14. The van der Waals surface area contributed by atoms with Crippen LogP contribution in [0.4, 0.5) is 10.6 Å². The fourth-order valence-corrected chi connectivity index (χ4v) is 3.07. The summed E-state index contributed by atoms with van der Waals surface area (Å²) in [6.07, 6.45) is 4.49. The van der Waals surface area contributed by atoms with Crippen molar-refractivity contribution in [1.82, 2.24) is 10.3 Å². The Hall–Kier alpha value is -2.36. The lowest BCUT2D eigenvalue weighted by Crippen LogP contribution is -2.55. The molecule has 1 aromatic heterocycles. The number of rotatable bonds is 3. The predicted octanol–water partition coefficient (Wildman–Crippen LogP) is 3.57. The third kappa shape index (κ3) is 3.36. The molecule has 0 radical (unpaired) electrons. The maximum absolute atomic E-state index is 12.7. The van der Waals surface area contributed by atoms with Crippen molar-refractivity contribution in [3.05, 3.63) is 59.8 Å². The average molecular weight is 309 g/mol. The van der Waals surface area contributed by atoms with Crippen molar-refractivity contribution in [1.29, 1.82) is 0 Å². The van der Waals surface area contributed by atoms with Crippen LogP contribution in [0.15, 0.2) is 48.7 Å². The molecule has 0 atom stereocenters. The van der Waals surface area contributed by atoms with Gasteiger partial charge >= 0.3 is 6.03 Å². The number of amides is 2. The lowest BCUT2D eigenvalue weighted by atomic mass is 9.89. The molecule has 1 aliphatic heterocycles. The molecule has 0 spiro atoms. The Morgan fingerprint density at radius 3 is 2.78 bits per heavy atom. The Morgan fingerprint density at radius 2 is 2.00 bits per heavy atom. The van der Waals surface area contributed by atoms with E-state index >= 15 is 0 Å². The van der Waals surface area contributed by atoms with Gasteiger partial charge in [-0.2, -0.15) is 0 Å². The number of hydrogen-bond donors (Lipinski definition) is 1. The van der Waals surface area contributed by atoms with E-state index in [1.807, 2.05) is 29.2 Å². The largest absolute Gasteiger partial charge is 0.337 e. The van der Waals surface area contributed by atoms with Crippen molar-refractivity contribution in [3.8, 4) is 0 Å². The number of benzene rings is 1. The number of urea groups is 1. The van der Waals surface area contributed by atoms with E-state index in [0.29, 0.717) is 6.54 Å². The van der Waals surface area contributed by atoms with E-state index in [4.69, 9.17) is 0 Å². The zero-order valence-electron chi connectivity index (χ0n) is 13.7. The van der Waals surface area contributed by atoms with Crippen LogP contribution in [0.5, 0.6) is 0 Å². The summed E-state index contributed by atoms with van der Waals surface area (Å²) in [5, 5.41) is 3.04. The number of nitrogens with zero attached hydrogens (tertiary/aromatic N) is 2. The molecule has 0 unspecified atom stereocenters. The van der Waals surface area contributed by atoms with Gasteiger partial charge < -0.3 is 5.32 Å². The molecule has 1 aliphatic rings. The van der Waals surface area contributed by atoms with Crippen molar-refractivity contribution in [2.45, 2.75) is 38.6 Å². The number of carbonyl (C=O) groups excluding carboxylic acids is 1. The molecule has 0 bridgehead atoms. The first-order chi connectivity index (χ1) is 11.1. The van der Waals surface area contributed by atoms with E-state index in [-0.39, 0.29) is 11.6 Å². The third-order valence-electron chi connectivity index (χ3n) is 4.43. The number of aryl methyl sites for hydroxylation is 1. The van der Waals surface area contributed by atoms with Crippen LogP contribution in [-0.4, -0.2) is 23.1 Å². The molecule has 4 nitrogen and oxygen atoms in total. The number of fused-ring (bicyclic) bond motifs is 1. The summed E-state index contributed by atoms with van der Waals surface area (Å²) in [4.78, 5) is 19.0. The minimum Gasteiger partial charge on any atom is -0.337 e. The molecule has 2 aromatic rings. The molecule has 0 aliphatic carbocycles. The maximum atomic E-state index is 12.7. The average Bonchev–Trinajstić information content (AvgIpc) is 2.55. The van der Waals surface area contributed by atoms with Gasteiger partial charge in [0, 0.05) is 18.3 Å². The number of hydrogen-bond acceptors (Lipinski definition) is 2. The predicted molar refractivity (Wildman–Crippen MR) is 92.7 cm³/mol. The molecule has 23 heavy (non-hydrogen) atoms. The second-order valence-electron chi connectivity index (χ2n) is 6.60. The molecule has 2 heterocycles. The Balaban J connectivity index is 1.70. The summed E-state index contributed by atoms with van der Waals surface area (Å²) in [6.45, 7) is 4.82. The number of nitrogens with one attached hydrogen (secondary N) is 1. The topological polar surface area (TPSA) is 45.2 Å². The van der Waals surface area contributed by atoms with Gasteiger partial charge in [0.2, 0.25) is 0 Å². The molecule has 0 saturated heterocycles. The standard InChI is InChI=1S/C19H23N3O/c1-19(2)12-10-16-9-6-13-20-17(16)22(19)18(23)21-14-11-15-7-4-3-5-8-15/h3-9,13H,10-12,14H2,1-2H3,(H,21,23). The van der Waals surface area contributed by atoms with Crippen LogP contribution >= 0.6 is 0 Å². The second kappa shape index (κ2) is 6.41. The zero-order valence-corrected chi connectivity index (χ0v) is 13.7. The Labute approximate surface area is 137 Å². The van der Waals surface area contributed by atoms with Gasteiger partial charge in [-0.25, -0.2) is 9.78 Å². The van der Waals surface area contributed by atoms with E-state index in [0.717, 1.165) is 30.6 Å². The van der Waals surface area contributed by atoms with Crippen molar-refractivity contribution in [2.24, 2.45) is 0 Å². The third-order valence-corrected chi connectivity index (χ3v) is 4.43. The maximum Gasteiger partial charge on any atom is 0.323 e. The van der Waals surface area contributed by atoms with E-state index in [1.54, 1.807) is 6.20 Å². The number of anilines is 1. The minimum atomic E-state index is -0.224. The van der Waals surface area contributed by atoms with E-state index in [2.05, 4.69) is 42.3 Å². The van der Waals surface area contributed by atoms with Crippen molar-refractivity contribution < 1.29 is 4.79 Å². The van der Waals surface area contributed by atoms with Crippen LogP contribution in [-0.2, 0) is 12.8 Å². The van der Waals surface area contributed by atoms with E-state index in [1.165, 1.54) is 5.56 Å². The Morgan fingerprint density at radius 1 is 1.22 bits per heavy atom. The minimum absolute atomic E-state index is 0.0643. The van der Waals surface area contributed by atoms with Crippen molar-refractivity contribution >= 4 is 11.8 Å². The van der Waals surface area contributed by atoms with E-state index < -0.39 is 0 Å². The fraction of sp³-hybridized carbons (Fsp3) is 0.368. The Bertz CT molecular complexity index is 682. The molecule has 3 rings (SSSR count). The molecule has 2 amide bonds. The molecular formula is C19H23N3O. The molecule has 1 N–H and O–H groups in total. The van der Waals surface area contributed by atoms with Gasteiger partial charge in [0.05, 0.1) is 0 Å². The number of aromatic nitrogens is 1. The van der Waals surface area contributed by atoms with Gasteiger partial charge in [-0.15, -0.1) is 0 Å². The van der Waals surface area contributed by atoms with E-state index in [9.17, 15) is 4.79 Å². The second-order valence-corrected chi connectivity index (χ2v) is 6.60. The molecule has 4 heteroatoms. The van der Waals surface area contributed by atoms with Crippen LogP contribution in [0.25, 0.3) is 0 Å². The Kier molecular flexibility index (Phi) is 4.33. The monoisotopic (exact) mass is 309 g/mol. The van der Waals surface area contributed by atoms with Gasteiger partial charge in [-0.05, 0) is 50.3 Å². The molecule has 120 valence electrons. The number of pyridine rings is 1. The molecular weight excluding hydrogens is 286 g/mol. The van der Waals surface area contributed by atoms with Crippen LogP contribution in [0.3, 0.4) is 0 Å². The summed E-state index contributed by atoms with van der Waals surface area (Å²) in [5.74, 6) is 0.793. The van der Waals surface area contributed by atoms with Gasteiger partial charge in [0.1, 0.15) is 5.82 Å². The normalized spacial score (nSPS) is 15.8. The highest BCUT2D eigenvalue weighted by molar-refractivity contribution is 5.93. The quantitative estimate of drug-likeness (QED) is 0.942. The number of carbonyl (C=O) groups is 1. The zero-order chi connectivity index (χ0) is 16.3. The lowest BCUT2D eigenvalue weighted by Gasteiger charge is -2.42. The first kappa shape index (κ1) is 15.5. The molecule has 0 fully saturated rings. The summed E-state index contributed by atoms with van der Waals surface area (Å²) < 4.78 is 0.